The van der Waals surface area contributed by atoms with Crippen LogP contribution in [0.15, 0.2) is 47.6 Å². The van der Waals surface area contributed by atoms with Crippen molar-refractivity contribution < 1.29 is 9.18 Å². The molecule has 0 aliphatic heterocycles. The lowest BCUT2D eigenvalue weighted by Gasteiger charge is -2.02. The molecular formula is C16H12FN3O. The Balaban J connectivity index is 2.09. The summed E-state index contributed by atoms with van der Waals surface area (Å²) in [5.41, 5.74) is 4.14. The molecule has 0 aromatic heterocycles. The molecule has 2 aromatic rings. The molecule has 0 unspecified atom stereocenters. The Kier molecular flexibility index (Phi) is 4.42. The van der Waals surface area contributed by atoms with Crippen LogP contribution in [0.4, 0.5) is 4.39 Å². The number of nitrogens with zero attached hydrogens (tertiary/aromatic N) is 2. The first-order chi connectivity index (χ1) is 10.1. The van der Waals surface area contributed by atoms with Crippen molar-refractivity contribution in [3.8, 4) is 6.07 Å². The first kappa shape index (κ1) is 14.4. The lowest BCUT2D eigenvalue weighted by atomic mass is 10.1. The Bertz CT molecular complexity index is 747. The first-order valence-electron chi connectivity index (χ1n) is 6.20. The Morgan fingerprint density at radius 2 is 2.10 bits per heavy atom. The summed E-state index contributed by atoms with van der Waals surface area (Å²) in [6.07, 6.45) is 1.49. The minimum Gasteiger partial charge on any atom is -0.267 e. The third-order valence-electron chi connectivity index (χ3n) is 2.90. The molecule has 2 aromatic carbocycles. The number of hydrogen-bond acceptors (Lipinski definition) is 3. The lowest BCUT2D eigenvalue weighted by molar-refractivity contribution is 0.0951. The highest BCUT2D eigenvalue weighted by Gasteiger charge is 2.11. The van der Waals surface area contributed by atoms with Crippen molar-refractivity contribution >= 4 is 12.1 Å². The van der Waals surface area contributed by atoms with Gasteiger partial charge in [-0.15, -0.1) is 0 Å². The number of amides is 1. The summed E-state index contributed by atoms with van der Waals surface area (Å²) in [4.78, 5) is 11.8. The number of carbonyl (C=O) groups excluding carboxylic acids is 1. The van der Waals surface area contributed by atoms with Gasteiger partial charge in [0, 0.05) is 0 Å². The number of hydrogen-bond donors (Lipinski definition) is 1. The Morgan fingerprint density at radius 1 is 1.33 bits per heavy atom. The maximum atomic E-state index is 13.6. The molecule has 5 heteroatoms. The van der Waals surface area contributed by atoms with Gasteiger partial charge in [0.1, 0.15) is 5.82 Å². The van der Waals surface area contributed by atoms with Gasteiger partial charge < -0.3 is 0 Å². The fraction of sp³-hybridized carbons (Fsp3) is 0.0625. The fourth-order valence-corrected chi connectivity index (χ4v) is 1.72. The zero-order valence-corrected chi connectivity index (χ0v) is 11.3. The Hall–Kier alpha value is -3.00. The van der Waals surface area contributed by atoms with Crippen molar-refractivity contribution in [3.05, 3.63) is 70.5 Å². The van der Waals surface area contributed by atoms with E-state index in [2.05, 4.69) is 10.5 Å². The molecule has 0 bridgehead atoms. The molecule has 0 saturated heterocycles. The Labute approximate surface area is 121 Å². The van der Waals surface area contributed by atoms with Gasteiger partial charge >= 0.3 is 0 Å². The zero-order valence-electron chi connectivity index (χ0n) is 11.3. The Morgan fingerprint density at radius 3 is 2.76 bits per heavy atom. The normalized spacial score (nSPS) is 10.3. The molecule has 4 nitrogen and oxygen atoms in total. The molecule has 21 heavy (non-hydrogen) atoms. The van der Waals surface area contributed by atoms with Crippen LogP contribution in [0.2, 0.25) is 0 Å². The fourth-order valence-electron chi connectivity index (χ4n) is 1.72. The second kappa shape index (κ2) is 6.44. The molecule has 104 valence electrons. The van der Waals surface area contributed by atoms with Gasteiger partial charge in [0.25, 0.3) is 5.91 Å². The summed E-state index contributed by atoms with van der Waals surface area (Å²) in [5.74, 6) is -1.42. The topological polar surface area (TPSA) is 65.2 Å². The van der Waals surface area contributed by atoms with Crippen molar-refractivity contribution in [1.29, 1.82) is 5.26 Å². The van der Waals surface area contributed by atoms with E-state index in [-0.39, 0.29) is 11.1 Å². The summed E-state index contributed by atoms with van der Waals surface area (Å²) in [5, 5.41) is 12.5. The number of rotatable bonds is 3. The van der Waals surface area contributed by atoms with Crippen LogP contribution in [0.3, 0.4) is 0 Å². The summed E-state index contributed by atoms with van der Waals surface area (Å²) in [6, 6.07) is 13.0. The van der Waals surface area contributed by atoms with Gasteiger partial charge in [-0.05, 0) is 36.2 Å². The van der Waals surface area contributed by atoms with E-state index < -0.39 is 11.7 Å². The van der Waals surface area contributed by atoms with Crippen molar-refractivity contribution in [3.63, 3.8) is 0 Å². The SMILES string of the molecule is Cc1ccccc1/C=N\NC(=O)c1ccc(C#N)cc1F. The third kappa shape index (κ3) is 3.51. The van der Waals surface area contributed by atoms with Gasteiger partial charge in [-0.25, -0.2) is 9.82 Å². The molecule has 1 amide bonds. The molecule has 0 aliphatic rings. The number of carbonyl (C=O) groups is 1. The van der Waals surface area contributed by atoms with E-state index >= 15 is 0 Å². The van der Waals surface area contributed by atoms with Gasteiger partial charge in [-0.3, -0.25) is 4.79 Å². The van der Waals surface area contributed by atoms with E-state index in [4.69, 9.17) is 5.26 Å². The lowest BCUT2D eigenvalue weighted by Crippen LogP contribution is -2.19. The van der Waals surface area contributed by atoms with Gasteiger partial charge in [0.05, 0.1) is 23.4 Å². The van der Waals surface area contributed by atoms with Crippen molar-refractivity contribution in [2.45, 2.75) is 6.92 Å². The van der Waals surface area contributed by atoms with Gasteiger partial charge in [-0.1, -0.05) is 24.3 Å². The second-order valence-corrected chi connectivity index (χ2v) is 4.36. The summed E-state index contributed by atoms with van der Waals surface area (Å²) in [7, 11) is 0. The van der Waals surface area contributed by atoms with Crippen LogP contribution in [0.25, 0.3) is 0 Å². The van der Waals surface area contributed by atoms with E-state index in [1.165, 1.54) is 18.3 Å². The molecule has 0 fully saturated rings. The minimum absolute atomic E-state index is 0.157. The van der Waals surface area contributed by atoms with Crippen LogP contribution in [0.1, 0.15) is 27.0 Å². The predicted molar refractivity (Wildman–Crippen MR) is 77.4 cm³/mol. The van der Waals surface area contributed by atoms with Crippen LogP contribution < -0.4 is 5.43 Å². The first-order valence-corrected chi connectivity index (χ1v) is 6.20. The van der Waals surface area contributed by atoms with Crippen LogP contribution in [0.5, 0.6) is 0 Å². The molecular weight excluding hydrogens is 269 g/mol. The molecule has 0 saturated carbocycles. The van der Waals surface area contributed by atoms with E-state index in [9.17, 15) is 9.18 Å². The van der Waals surface area contributed by atoms with E-state index in [0.717, 1.165) is 17.2 Å². The third-order valence-corrected chi connectivity index (χ3v) is 2.90. The number of benzene rings is 2. The molecule has 0 heterocycles. The average Bonchev–Trinajstić information content (AvgIpc) is 2.48. The average molecular weight is 281 g/mol. The number of nitrogens with one attached hydrogen (secondary N) is 1. The molecule has 0 radical (unpaired) electrons. The quantitative estimate of drug-likeness (QED) is 0.694. The summed E-state index contributed by atoms with van der Waals surface area (Å²) >= 11 is 0. The number of halogens is 1. The second-order valence-electron chi connectivity index (χ2n) is 4.36. The maximum Gasteiger partial charge on any atom is 0.274 e. The maximum absolute atomic E-state index is 13.6. The predicted octanol–water partition coefficient (Wildman–Crippen LogP) is 2.77. The van der Waals surface area contributed by atoms with Crippen LogP contribution in [-0.2, 0) is 0 Å². The van der Waals surface area contributed by atoms with Crippen molar-refractivity contribution in [1.82, 2.24) is 5.43 Å². The van der Waals surface area contributed by atoms with Crippen LogP contribution in [0, 0.1) is 24.1 Å². The molecule has 0 atom stereocenters. The minimum atomic E-state index is -0.752. The molecule has 1 N–H and O–H groups in total. The highest BCUT2D eigenvalue weighted by molar-refractivity contribution is 5.95. The largest absolute Gasteiger partial charge is 0.274 e. The van der Waals surface area contributed by atoms with Gasteiger partial charge in [0.2, 0.25) is 0 Å². The highest BCUT2D eigenvalue weighted by atomic mass is 19.1. The van der Waals surface area contributed by atoms with Crippen LogP contribution in [-0.4, -0.2) is 12.1 Å². The van der Waals surface area contributed by atoms with Gasteiger partial charge in [0.15, 0.2) is 0 Å². The van der Waals surface area contributed by atoms with E-state index in [1.54, 1.807) is 6.07 Å². The number of aryl methyl sites for hydroxylation is 1. The van der Waals surface area contributed by atoms with E-state index in [0.29, 0.717) is 0 Å². The zero-order chi connectivity index (χ0) is 15.2. The summed E-state index contributed by atoms with van der Waals surface area (Å²) in [6.45, 7) is 1.92. The van der Waals surface area contributed by atoms with Crippen LogP contribution >= 0.6 is 0 Å². The van der Waals surface area contributed by atoms with Crippen molar-refractivity contribution in [2.24, 2.45) is 5.10 Å². The number of nitriles is 1. The summed E-state index contributed by atoms with van der Waals surface area (Å²) < 4.78 is 13.6. The molecule has 2 rings (SSSR count). The number of hydrazone groups is 1. The van der Waals surface area contributed by atoms with E-state index in [1.807, 2.05) is 31.2 Å². The molecule has 0 aliphatic carbocycles. The molecule has 0 spiro atoms. The van der Waals surface area contributed by atoms with Crippen molar-refractivity contribution in [2.75, 3.05) is 0 Å². The highest BCUT2D eigenvalue weighted by Crippen LogP contribution is 2.10. The van der Waals surface area contributed by atoms with Gasteiger partial charge in [-0.2, -0.15) is 10.4 Å². The smallest absolute Gasteiger partial charge is 0.267 e. The standard InChI is InChI=1S/C16H12FN3O/c1-11-4-2-3-5-13(11)10-19-20-16(21)14-7-6-12(9-18)8-15(14)17/h2-8,10H,1H3,(H,20,21)/b19-10-. The monoisotopic (exact) mass is 281 g/mol.